The predicted molar refractivity (Wildman–Crippen MR) is 38.7 cm³/mol. The van der Waals surface area contributed by atoms with Crippen molar-refractivity contribution in [1.82, 2.24) is 0 Å². The molecule has 0 aliphatic heterocycles. The van der Waals surface area contributed by atoms with Crippen LogP contribution >= 0.6 is 9.90 Å². The van der Waals surface area contributed by atoms with E-state index in [1.54, 1.807) is 0 Å². The second-order valence-corrected chi connectivity index (χ2v) is 2.23. The van der Waals surface area contributed by atoms with Crippen molar-refractivity contribution in [2.24, 2.45) is 5.92 Å². The van der Waals surface area contributed by atoms with Crippen LogP contribution in [-0.2, 0) is 0 Å². The van der Waals surface area contributed by atoms with Gasteiger partial charge in [0.25, 0.3) is 0 Å². The molecule has 0 radical (unpaired) electrons. The van der Waals surface area contributed by atoms with Crippen LogP contribution in [0.5, 0.6) is 0 Å². The molecule has 1 aliphatic rings. The molecule has 0 nitrogen and oxygen atoms in total. The fourth-order valence-corrected chi connectivity index (χ4v) is 0.815. The van der Waals surface area contributed by atoms with E-state index in [9.17, 15) is 0 Å². The first-order valence-corrected chi connectivity index (χ1v) is 2.93. The number of rotatable bonds is 2. The van der Waals surface area contributed by atoms with Crippen molar-refractivity contribution < 1.29 is 0 Å². The van der Waals surface area contributed by atoms with E-state index in [-0.39, 0.29) is 9.90 Å². The van der Waals surface area contributed by atoms with Gasteiger partial charge < -0.3 is 0 Å². The Morgan fingerprint density at radius 2 is 2.00 bits per heavy atom. The Morgan fingerprint density at radius 3 is 2.14 bits per heavy atom. The summed E-state index contributed by atoms with van der Waals surface area (Å²) in [6, 6.07) is 0. The van der Waals surface area contributed by atoms with Gasteiger partial charge in [-0.3, -0.25) is 0 Å². The SMILES string of the molecule is CCCC1CC1.P. The summed E-state index contributed by atoms with van der Waals surface area (Å²) >= 11 is 0. The van der Waals surface area contributed by atoms with Gasteiger partial charge in [-0.2, -0.15) is 9.90 Å². The predicted octanol–water partition coefficient (Wildman–Crippen LogP) is 2.25. The first-order chi connectivity index (χ1) is 2.93. The molecule has 7 heavy (non-hydrogen) atoms. The van der Waals surface area contributed by atoms with Gasteiger partial charge in [-0.05, 0) is 5.92 Å². The Hall–Kier alpha value is 0.430. The van der Waals surface area contributed by atoms with Crippen LogP contribution in [0.15, 0.2) is 0 Å². The zero-order valence-corrected chi connectivity index (χ0v) is 6.53. The van der Waals surface area contributed by atoms with Crippen LogP contribution in [0.1, 0.15) is 32.6 Å². The van der Waals surface area contributed by atoms with Crippen LogP contribution in [0.4, 0.5) is 0 Å². The molecule has 1 aliphatic carbocycles. The number of hydrogen-bond acceptors (Lipinski definition) is 0. The van der Waals surface area contributed by atoms with Crippen molar-refractivity contribution in [1.29, 1.82) is 0 Å². The molecule has 0 saturated heterocycles. The third-order valence-corrected chi connectivity index (χ3v) is 1.39. The molecule has 0 amide bonds. The third kappa shape index (κ3) is 3.05. The van der Waals surface area contributed by atoms with Crippen LogP contribution in [0.2, 0.25) is 0 Å². The molecular weight excluding hydrogens is 103 g/mol. The lowest BCUT2D eigenvalue weighted by Gasteiger charge is -1.82. The second kappa shape index (κ2) is 3.43. The van der Waals surface area contributed by atoms with E-state index in [1.807, 2.05) is 0 Å². The lowest BCUT2D eigenvalue weighted by atomic mass is 10.2. The summed E-state index contributed by atoms with van der Waals surface area (Å²) in [5, 5.41) is 0. The minimum Gasteiger partial charge on any atom is -0.153 e. The van der Waals surface area contributed by atoms with Gasteiger partial charge in [-0.1, -0.05) is 32.6 Å². The first kappa shape index (κ1) is 7.43. The smallest absolute Gasteiger partial charge is 0.0414 e. The maximum atomic E-state index is 2.26. The highest BCUT2D eigenvalue weighted by molar-refractivity contribution is 6.92. The highest BCUT2D eigenvalue weighted by Gasteiger charge is 2.18. The molecule has 0 spiro atoms. The average Bonchev–Trinajstić information content (AvgIpc) is 2.21. The van der Waals surface area contributed by atoms with Crippen molar-refractivity contribution >= 4 is 9.90 Å². The lowest BCUT2D eigenvalue weighted by Crippen LogP contribution is -1.68. The van der Waals surface area contributed by atoms with Gasteiger partial charge in [0.1, 0.15) is 0 Å². The minimum absolute atomic E-state index is 0. The Morgan fingerprint density at radius 1 is 1.43 bits per heavy atom. The van der Waals surface area contributed by atoms with Crippen LogP contribution in [0, 0.1) is 5.92 Å². The van der Waals surface area contributed by atoms with Gasteiger partial charge in [0.15, 0.2) is 0 Å². The maximum absolute atomic E-state index is 2.26. The van der Waals surface area contributed by atoms with Crippen molar-refractivity contribution in [3.8, 4) is 0 Å². The van der Waals surface area contributed by atoms with E-state index < -0.39 is 0 Å². The van der Waals surface area contributed by atoms with Crippen molar-refractivity contribution in [2.45, 2.75) is 32.6 Å². The molecule has 0 bridgehead atoms. The van der Waals surface area contributed by atoms with E-state index >= 15 is 0 Å². The third-order valence-electron chi connectivity index (χ3n) is 1.39. The molecular formula is C6H15P. The largest absolute Gasteiger partial charge is 0.153 e. The molecule has 1 rings (SSSR count). The van der Waals surface area contributed by atoms with Crippen molar-refractivity contribution in [3.63, 3.8) is 0 Å². The zero-order chi connectivity index (χ0) is 4.41. The second-order valence-electron chi connectivity index (χ2n) is 2.23. The normalized spacial score (nSPS) is 18.4. The summed E-state index contributed by atoms with van der Waals surface area (Å²) < 4.78 is 0. The molecule has 0 aromatic rings. The summed E-state index contributed by atoms with van der Waals surface area (Å²) in [5.41, 5.74) is 0. The summed E-state index contributed by atoms with van der Waals surface area (Å²) in [7, 11) is 0. The summed E-state index contributed by atoms with van der Waals surface area (Å²) in [6.45, 7) is 2.26. The standard InChI is InChI=1S/C6H12.H3P/c1-2-3-6-4-5-6;/h6H,2-5H2,1H3;1H3. The Labute approximate surface area is 49.3 Å². The molecule has 0 aromatic heterocycles. The topological polar surface area (TPSA) is 0 Å². The number of hydrogen-bond donors (Lipinski definition) is 0. The fourth-order valence-electron chi connectivity index (χ4n) is 0.815. The van der Waals surface area contributed by atoms with E-state index in [0.717, 1.165) is 5.92 Å². The lowest BCUT2D eigenvalue weighted by molar-refractivity contribution is 0.708. The highest BCUT2D eigenvalue weighted by atomic mass is 31.0. The Balaban J connectivity index is 0.000000360. The van der Waals surface area contributed by atoms with Crippen molar-refractivity contribution in [3.05, 3.63) is 0 Å². The van der Waals surface area contributed by atoms with E-state index in [1.165, 1.54) is 25.7 Å². The summed E-state index contributed by atoms with van der Waals surface area (Å²) in [4.78, 5) is 0. The first-order valence-electron chi connectivity index (χ1n) is 2.93. The zero-order valence-electron chi connectivity index (χ0n) is 5.11. The average molecular weight is 118 g/mol. The van der Waals surface area contributed by atoms with Gasteiger partial charge in [-0.15, -0.1) is 0 Å². The van der Waals surface area contributed by atoms with Crippen LogP contribution in [-0.4, -0.2) is 0 Å². The van der Waals surface area contributed by atoms with Gasteiger partial charge in [0, 0.05) is 0 Å². The van der Waals surface area contributed by atoms with Gasteiger partial charge in [0.05, 0.1) is 0 Å². The van der Waals surface area contributed by atoms with Gasteiger partial charge >= 0.3 is 0 Å². The monoisotopic (exact) mass is 118 g/mol. The summed E-state index contributed by atoms with van der Waals surface area (Å²) in [6.07, 6.45) is 5.92. The molecule has 1 fully saturated rings. The quantitative estimate of drug-likeness (QED) is 0.488. The summed E-state index contributed by atoms with van der Waals surface area (Å²) in [5.74, 6) is 1.15. The van der Waals surface area contributed by atoms with E-state index in [0.29, 0.717) is 0 Å². The van der Waals surface area contributed by atoms with Crippen molar-refractivity contribution in [2.75, 3.05) is 0 Å². The van der Waals surface area contributed by atoms with Gasteiger partial charge in [-0.25, -0.2) is 0 Å². The molecule has 0 N–H and O–H groups in total. The van der Waals surface area contributed by atoms with Crippen LogP contribution < -0.4 is 0 Å². The molecule has 0 heterocycles. The van der Waals surface area contributed by atoms with Crippen LogP contribution in [0.3, 0.4) is 0 Å². The maximum Gasteiger partial charge on any atom is -0.0414 e. The highest BCUT2D eigenvalue weighted by Crippen LogP contribution is 2.32. The Kier molecular flexibility index (Phi) is 3.65. The van der Waals surface area contributed by atoms with E-state index in [4.69, 9.17) is 0 Å². The van der Waals surface area contributed by atoms with E-state index in [2.05, 4.69) is 6.92 Å². The minimum atomic E-state index is 0. The molecule has 1 heteroatoms. The van der Waals surface area contributed by atoms with Crippen LogP contribution in [0.25, 0.3) is 0 Å². The Bertz CT molecular complexity index is 39.4. The molecule has 44 valence electrons. The fraction of sp³-hybridized carbons (Fsp3) is 1.00. The molecule has 1 atom stereocenters. The van der Waals surface area contributed by atoms with Gasteiger partial charge in [0.2, 0.25) is 0 Å². The molecule has 1 unspecified atom stereocenters. The molecule has 1 saturated carbocycles. The molecule has 0 aromatic carbocycles.